The fraction of sp³-hybridized carbons (Fsp3) is 0.366. The Balaban J connectivity index is 1.18. The highest BCUT2D eigenvalue weighted by molar-refractivity contribution is 6.02. The second-order valence-electron chi connectivity index (χ2n) is 25.8. The van der Waals surface area contributed by atoms with Crippen LogP contribution in [0.5, 0.6) is 23.0 Å². The standard InChI is InChI=1S/C82H86O28/c1-5-69(83)103-45-57(107-79(95)65-21-13-9-17-61(65)75(87)88)41-99-53-33-25-49(26-34-53)73(50-27-35-54(36-28-50)100-42-58(46-104-70(84)6-2)108-80(96)66-22-14-10-18-62(66)76(89)90)74(51-29-37-55(38-30-51)101-43-59(47-105-71(85)7-3)109-81(97)67-23-15-11-19-63(67)77(91)92)52-31-39-56(40-32-52)102-44-60(48-106-72(86)8-4)110-82(98)68-24-16-12-20-64(68)78(93)94/h5-8,25-40,57-60,73-74H,1-4,9-24,41-48H2,(H,87,88)(H,89,90)(H,91,92)(H,93,94). The Morgan fingerprint density at radius 1 is 0.273 bits per heavy atom. The van der Waals surface area contributed by atoms with E-state index in [-0.39, 0.29) is 145 Å². The third-order valence-corrected chi connectivity index (χ3v) is 18.3. The predicted molar refractivity (Wildman–Crippen MR) is 388 cm³/mol. The molecule has 4 aromatic rings. The molecule has 4 N–H and O–H groups in total. The van der Waals surface area contributed by atoms with E-state index in [0.717, 1.165) is 24.3 Å². The summed E-state index contributed by atoms with van der Waals surface area (Å²) in [5.41, 5.74) is 2.19. The number of aliphatic carboxylic acids is 4. The number of benzene rings is 4. The van der Waals surface area contributed by atoms with E-state index in [1.807, 2.05) is 0 Å². The van der Waals surface area contributed by atoms with Gasteiger partial charge < -0.3 is 77.3 Å². The summed E-state index contributed by atoms with van der Waals surface area (Å²) in [4.78, 5) is 152. The number of esters is 8. The van der Waals surface area contributed by atoms with E-state index in [0.29, 0.717) is 73.6 Å². The largest absolute Gasteiger partial charge is 0.490 e. The van der Waals surface area contributed by atoms with Gasteiger partial charge in [0.25, 0.3) is 0 Å². The molecule has 28 nitrogen and oxygen atoms in total. The summed E-state index contributed by atoms with van der Waals surface area (Å²) in [5.74, 6) is -12.4. The van der Waals surface area contributed by atoms with E-state index in [1.165, 1.54) is 0 Å². The lowest BCUT2D eigenvalue weighted by Crippen LogP contribution is -2.32. The SMILES string of the molecule is C=CC(=O)OCC(COc1ccc(C(c2ccc(OCC(COC(=O)C=C)OC(=O)C3=C(C(=O)O)CCCC3)cc2)C(c2ccc(OCC(COC(=O)C=C)OC(=O)C3=C(C(=O)O)CCCC3)cc2)c2ccc(OCC(COC(=O)C=C)OC(=O)C3=C(C(=O)O)CCCC3)cc2)cc1)OC(=O)C1=C(C(=O)O)CCCC1. The zero-order valence-corrected chi connectivity index (χ0v) is 60.4. The van der Waals surface area contributed by atoms with Crippen molar-refractivity contribution in [1.29, 1.82) is 0 Å². The topological polar surface area (TPSA) is 397 Å². The number of carboxylic acids is 4. The molecule has 8 rings (SSSR count). The van der Waals surface area contributed by atoms with Gasteiger partial charge >= 0.3 is 71.6 Å². The summed E-state index contributed by atoms with van der Waals surface area (Å²) in [6.45, 7) is 10.3. The first-order chi connectivity index (χ1) is 53.0. The second-order valence-corrected chi connectivity index (χ2v) is 25.8. The molecule has 0 heterocycles. The molecule has 0 bridgehead atoms. The molecular weight excluding hydrogens is 1430 g/mol. The quantitative estimate of drug-likeness (QED) is 0.0182. The minimum atomic E-state index is -1.26. The van der Waals surface area contributed by atoms with E-state index < -0.39 is 134 Å². The Bertz CT molecular complexity index is 3670. The van der Waals surface area contributed by atoms with E-state index in [2.05, 4.69) is 26.3 Å². The molecule has 0 radical (unpaired) electrons. The van der Waals surface area contributed by atoms with Gasteiger partial charge in [0, 0.05) is 80.7 Å². The maximum Gasteiger partial charge on any atom is 0.335 e. The third-order valence-electron chi connectivity index (χ3n) is 18.3. The van der Waals surface area contributed by atoms with Gasteiger partial charge in [0.15, 0.2) is 24.4 Å². The van der Waals surface area contributed by atoms with Crippen LogP contribution in [0.1, 0.15) is 137 Å². The number of hydrogen-bond donors (Lipinski definition) is 4. The lowest BCUT2D eigenvalue weighted by atomic mass is 9.73. The van der Waals surface area contributed by atoms with Crippen molar-refractivity contribution in [1.82, 2.24) is 0 Å². The fourth-order valence-electron chi connectivity index (χ4n) is 12.8. The van der Waals surface area contributed by atoms with Crippen LogP contribution < -0.4 is 18.9 Å². The molecule has 0 saturated carbocycles. The first kappa shape index (κ1) is 83.3. The number of carbonyl (C=O) groups excluding carboxylic acids is 8. The number of hydrogen-bond acceptors (Lipinski definition) is 24. The van der Waals surface area contributed by atoms with Crippen LogP contribution in [-0.4, -0.2) is 169 Å². The highest BCUT2D eigenvalue weighted by atomic mass is 16.6. The van der Waals surface area contributed by atoms with Gasteiger partial charge in [-0.3, -0.25) is 0 Å². The summed E-state index contributed by atoms with van der Waals surface area (Å²) >= 11 is 0. The first-order valence-electron chi connectivity index (χ1n) is 35.7. The number of rotatable bonds is 41. The van der Waals surface area contributed by atoms with E-state index in [1.54, 1.807) is 97.1 Å². The predicted octanol–water partition coefficient (Wildman–Crippen LogP) is 10.6. The average Bonchev–Trinajstić information content (AvgIpc) is 0.776. The molecule has 582 valence electrons. The third kappa shape index (κ3) is 24.3. The Morgan fingerprint density at radius 2 is 0.445 bits per heavy atom. The zero-order valence-electron chi connectivity index (χ0n) is 60.4. The van der Waals surface area contributed by atoms with Crippen LogP contribution in [0.15, 0.2) is 192 Å². The Kier molecular flexibility index (Phi) is 31.6. The van der Waals surface area contributed by atoms with E-state index in [9.17, 15) is 78.0 Å². The molecule has 4 aliphatic rings. The molecule has 0 amide bonds. The van der Waals surface area contributed by atoms with Crippen molar-refractivity contribution in [2.75, 3.05) is 52.9 Å². The number of carbonyl (C=O) groups is 12. The molecule has 0 spiro atoms. The number of carboxylic acid groups (broad SMARTS) is 4. The van der Waals surface area contributed by atoms with Crippen molar-refractivity contribution in [2.45, 2.75) is 139 Å². The molecular formula is C82H86O28. The molecule has 4 aliphatic carbocycles. The second kappa shape index (κ2) is 41.7. The first-order valence-corrected chi connectivity index (χ1v) is 35.7. The average molecular weight is 1520 g/mol. The molecule has 0 aliphatic heterocycles. The Labute approximate surface area is 633 Å². The maximum absolute atomic E-state index is 13.6. The maximum atomic E-state index is 13.6. The zero-order chi connectivity index (χ0) is 79.2. The van der Waals surface area contributed by atoms with Crippen LogP contribution in [0.2, 0.25) is 0 Å². The molecule has 110 heavy (non-hydrogen) atoms. The Morgan fingerprint density at radius 3 is 0.609 bits per heavy atom. The van der Waals surface area contributed by atoms with Crippen molar-refractivity contribution in [3.63, 3.8) is 0 Å². The summed E-state index contributed by atoms with van der Waals surface area (Å²) in [5, 5.41) is 39.7. The highest BCUT2D eigenvalue weighted by Crippen LogP contribution is 2.45. The fourth-order valence-corrected chi connectivity index (χ4v) is 12.8. The molecule has 4 aromatic carbocycles. The highest BCUT2D eigenvalue weighted by Gasteiger charge is 2.35. The van der Waals surface area contributed by atoms with Crippen molar-refractivity contribution in [3.8, 4) is 23.0 Å². The summed E-state index contributed by atoms with van der Waals surface area (Å²) < 4.78 is 69.0. The van der Waals surface area contributed by atoms with Crippen LogP contribution in [0.4, 0.5) is 0 Å². The van der Waals surface area contributed by atoms with Crippen LogP contribution in [0.25, 0.3) is 0 Å². The molecule has 0 saturated heterocycles. The summed E-state index contributed by atoms with van der Waals surface area (Å²) in [6.07, 6.45) is 4.36. The van der Waals surface area contributed by atoms with E-state index in [4.69, 9.17) is 56.8 Å². The van der Waals surface area contributed by atoms with Gasteiger partial charge in [0.05, 0.1) is 0 Å². The smallest absolute Gasteiger partial charge is 0.335 e. The minimum Gasteiger partial charge on any atom is -0.490 e. The van der Waals surface area contributed by atoms with Crippen LogP contribution in [-0.2, 0) is 95.4 Å². The summed E-state index contributed by atoms with van der Waals surface area (Å²) in [6, 6.07) is 27.3. The van der Waals surface area contributed by atoms with Gasteiger partial charge in [0.1, 0.15) is 75.9 Å². The van der Waals surface area contributed by atoms with Gasteiger partial charge in [-0.2, -0.15) is 0 Å². The van der Waals surface area contributed by atoms with Crippen molar-refractivity contribution >= 4 is 71.6 Å². The monoisotopic (exact) mass is 1520 g/mol. The molecule has 28 heteroatoms. The van der Waals surface area contributed by atoms with Crippen LogP contribution in [0, 0.1) is 0 Å². The van der Waals surface area contributed by atoms with Gasteiger partial charge in [-0.15, -0.1) is 0 Å². The minimum absolute atomic E-state index is 0.0108. The Hall–Kier alpha value is -12.4. The molecule has 0 aromatic heterocycles. The van der Waals surface area contributed by atoms with Gasteiger partial charge in [-0.1, -0.05) is 74.8 Å². The van der Waals surface area contributed by atoms with E-state index >= 15 is 0 Å². The molecule has 0 fully saturated rings. The lowest BCUT2D eigenvalue weighted by Gasteiger charge is -2.30. The van der Waals surface area contributed by atoms with Gasteiger partial charge in [-0.25, -0.2) is 57.5 Å². The normalized spacial score (nSPS) is 15.9. The lowest BCUT2D eigenvalue weighted by molar-refractivity contribution is -0.155. The van der Waals surface area contributed by atoms with Crippen molar-refractivity contribution < 1.29 is 135 Å². The number of ether oxygens (including phenoxy) is 12. The van der Waals surface area contributed by atoms with Gasteiger partial charge in [0.2, 0.25) is 0 Å². The van der Waals surface area contributed by atoms with Gasteiger partial charge in [-0.05, 0) is 174 Å². The van der Waals surface area contributed by atoms with Crippen molar-refractivity contribution in [3.05, 3.63) is 215 Å². The van der Waals surface area contributed by atoms with Crippen LogP contribution >= 0.6 is 0 Å². The molecule has 4 unspecified atom stereocenters. The summed E-state index contributed by atoms with van der Waals surface area (Å²) in [7, 11) is 0. The van der Waals surface area contributed by atoms with Crippen molar-refractivity contribution in [2.24, 2.45) is 0 Å². The molecule has 4 atom stereocenters. The van der Waals surface area contributed by atoms with Crippen LogP contribution in [0.3, 0.4) is 0 Å².